The van der Waals surface area contributed by atoms with E-state index in [1.165, 1.54) is 0 Å². The molecule has 0 bridgehead atoms. The summed E-state index contributed by atoms with van der Waals surface area (Å²) in [5, 5.41) is 24.7. The van der Waals surface area contributed by atoms with E-state index in [1.807, 2.05) is 81.4 Å². The van der Waals surface area contributed by atoms with E-state index in [9.17, 15) is 15.0 Å². The number of ether oxygens (including phenoxy) is 4. The van der Waals surface area contributed by atoms with Crippen molar-refractivity contribution < 1.29 is 38.8 Å². The highest BCUT2D eigenvalue weighted by molar-refractivity contribution is 6.03. The zero-order valence-electron chi connectivity index (χ0n) is 34.4. The maximum absolute atomic E-state index is 14.0. The minimum atomic E-state index is -1.35. The number of hydrogen-bond acceptors (Lipinski definition) is 10. The van der Waals surface area contributed by atoms with Gasteiger partial charge in [0, 0.05) is 43.4 Å². The first kappa shape index (κ1) is 42.9. The topological polar surface area (TPSA) is 132 Å². The summed E-state index contributed by atoms with van der Waals surface area (Å²) in [6.45, 7) is 11.5. The van der Waals surface area contributed by atoms with E-state index in [4.69, 9.17) is 28.9 Å². The molecule has 0 saturated heterocycles. The lowest BCUT2D eigenvalue weighted by Crippen LogP contribution is -2.70. The Morgan fingerprint density at radius 2 is 1.81 bits per heavy atom. The van der Waals surface area contributed by atoms with Crippen LogP contribution in [-0.2, 0) is 27.5 Å². The summed E-state index contributed by atoms with van der Waals surface area (Å²) >= 11 is 0. The first-order chi connectivity index (χ1) is 28.4. The van der Waals surface area contributed by atoms with Crippen LogP contribution in [0.15, 0.2) is 96.2 Å². The Kier molecular flexibility index (Phi) is 15.4. The van der Waals surface area contributed by atoms with Gasteiger partial charge in [0.2, 0.25) is 5.79 Å². The summed E-state index contributed by atoms with van der Waals surface area (Å²) < 4.78 is 26.5. The minimum absolute atomic E-state index is 0.0921. The number of amides is 1. The van der Waals surface area contributed by atoms with Gasteiger partial charge in [0.25, 0.3) is 0 Å². The van der Waals surface area contributed by atoms with Crippen molar-refractivity contribution in [2.75, 3.05) is 33.0 Å². The molecule has 2 N–H and O–H groups in total. The molecule has 0 unspecified atom stereocenters. The summed E-state index contributed by atoms with van der Waals surface area (Å²) in [5.74, 6) is -0.378. The molecule has 3 aliphatic rings. The van der Waals surface area contributed by atoms with Crippen LogP contribution in [0, 0.1) is 24.7 Å². The molecule has 1 aromatic heterocycles. The van der Waals surface area contributed by atoms with Gasteiger partial charge in [0.05, 0.1) is 30.5 Å². The Hall–Kier alpha value is -4.71. The van der Waals surface area contributed by atoms with Crippen LogP contribution in [0.2, 0.25) is 0 Å². The summed E-state index contributed by atoms with van der Waals surface area (Å²) in [6, 6.07) is 21.2. The Labute approximate surface area is 343 Å². The molecule has 11 nitrogen and oxygen atoms in total. The molecule has 1 amide bonds. The van der Waals surface area contributed by atoms with Crippen LogP contribution in [0.1, 0.15) is 93.6 Å². The van der Waals surface area contributed by atoms with E-state index in [0.717, 1.165) is 59.5 Å². The van der Waals surface area contributed by atoms with E-state index in [2.05, 4.69) is 23.7 Å². The van der Waals surface area contributed by atoms with Gasteiger partial charge in [-0.25, -0.2) is 4.79 Å². The molecule has 3 aromatic rings. The monoisotopic (exact) mass is 795 g/mol. The molecule has 0 spiro atoms. The number of fused-ring (bicyclic) bond motifs is 2. The van der Waals surface area contributed by atoms with Crippen LogP contribution in [0.3, 0.4) is 0 Å². The zero-order chi connectivity index (χ0) is 40.9. The quantitative estimate of drug-likeness (QED) is 0.0618. The second-order valence-corrected chi connectivity index (χ2v) is 15.5. The van der Waals surface area contributed by atoms with Gasteiger partial charge in [0.15, 0.2) is 0 Å². The average molecular weight is 796 g/mol. The number of benzene rings is 2. The Balaban J connectivity index is 1.55. The number of aryl methyl sites for hydroxylation is 1. The lowest BCUT2D eigenvalue weighted by molar-refractivity contribution is -0.255. The van der Waals surface area contributed by atoms with Gasteiger partial charge < -0.3 is 34.0 Å². The third kappa shape index (κ3) is 9.76. The molecular weight excluding hydrogens is 735 g/mol. The Morgan fingerprint density at radius 1 is 1.02 bits per heavy atom. The first-order valence-electron chi connectivity index (χ1n) is 21.1. The zero-order valence-corrected chi connectivity index (χ0v) is 34.4. The smallest absolute Gasteiger partial charge is 0.410 e. The van der Waals surface area contributed by atoms with Crippen molar-refractivity contribution in [3.63, 3.8) is 0 Å². The lowest BCUT2D eigenvalue weighted by atomic mass is 9.55. The molecule has 1 saturated carbocycles. The van der Waals surface area contributed by atoms with Crippen molar-refractivity contribution in [3.8, 4) is 11.5 Å². The van der Waals surface area contributed by atoms with Crippen LogP contribution >= 0.6 is 0 Å². The normalized spacial score (nSPS) is 23.8. The number of hydrogen-bond donors (Lipinski definition) is 2. The molecular formula is C47H61N3O8. The number of allylic oxidation sites excluding steroid dienone is 1. The summed E-state index contributed by atoms with van der Waals surface area (Å²) in [4.78, 5) is 26.6. The summed E-state index contributed by atoms with van der Waals surface area (Å²) in [7, 11) is 0. The van der Waals surface area contributed by atoms with Crippen molar-refractivity contribution in [3.05, 3.63) is 114 Å². The first-order valence-corrected chi connectivity index (χ1v) is 21.1. The van der Waals surface area contributed by atoms with Gasteiger partial charge in [-0.3, -0.25) is 9.88 Å². The Bertz CT molecular complexity index is 1870. The molecule has 0 radical (unpaired) electrons. The fourth-order valence-corrected chi connectivity index (χ4v) is 9.16. The van der Waals surface area contributed by atoms with Crippen molar-refractivity contribution in [1.82, 2.24) is 9.88 Å². The molecule has 2 aromatic carbocycles. The second kappa shape index (κ2) is 20.8. The van der Waals surface area contributed by atoms with Crippen molar-refractivity contribution in [2.24, 2.45) is 22.9 Å². The molecule has 312 valence electrons. The number of pyridine rings is 1. The number of aliphatic hydroxyl groups excluding tert-OH is 2. The maximum atomic E-state index is 14.0. The lowest BCUT2D eigenvalue weighted by Gasteiger charge is -2.59. The van der Waals surface area contributed by atoms with Crippen LogP contribution in [0.25, 0.3) is 0 Å². The minimum Gasteiger partial charge on any atom is -0.487 e. The van der Waals surface area contributed by atoms with Gasteiger partial charge in [-0.05, 0) is 99.3 Å². The number of rotatable bonds is 21. The number of oxime groups is 1. The van der Waals surface area contributed by atoms with Gasteiger partial charge >= 0.3 is 6.09 Å². The molecule has 6 rings (SSSR count). The fourth-order valence-electron chi connectivity index (χ4n) is 9.16. The van der Waals surface area contributed by atoms with Crippen molar-refractivity contribution in [1.29, 1.82) is 0 Å². The highest BCUT2D eigenvalue weighted by Gasteiger charge is 2.65. The number of aromatic nitrogens is 1. The van der Waals surface area contributed by atoms with Crippen molar-refractivity contribution >= 4 is 11.8 Å². The molecule has 2 heterocycles. The number of unbranched alkanes of at least 4 members (excludes halogenated alkanes) is 2. The predicted octanol–water partition coefficient (Wildman–Crippen LogP) is 8.67. The summed E-state index contributed by atoms with van der Waals surface area (Å²) in [5.41, 5.74) is 5.46. The highest BCUT2D eigenvalue weighted by Crippen LogP contribution is 2.62. The van der Waals surface area contributed by atoms with Crippen LogP contribution in [-0.4, -0.2) is 76.7 Å². The van der Waals surface area contributed by atoms with Crippen LogP contribution in [0.5, 0.6) is 11.5 Å². The Morgan fingerprint density at radius 3 is 2.53 bits per heavy atom. The SMILES string of the molecule is C=CCO[C@@]12Oc3ccc(OCc4cccc(C)n4)cc3[C@H]3[C@H](CCCCO)[C@@H](CCCCO)C=C(C(=NOCc4ccccc4)C[C@@H]1N(CCC)C(=O)OCC)[C@H]32. The van der Waals surface area contributed by atoms with E-state index in [0.29, 0.717) is 50.3 Å². The molecule has 1 fully saturated rings. The maximum Gasteiger partial charge on any atom is 0.410 e. The van der Waals surface area contributed by atoms with Crippen LogP contribution in [0.4, 0.5) is 4.79 Å². The van der Waals surface area contributed by atoms with E-state index in [-0.39, 0.29) is 50.8 Å². The summed E-state index contributed by atoms with van der Waals surface area (Å²) in [6.07, 6.45) is 9.36. The fraction of sp³-hybridized carbons (Fsp3) is 0.511. The second-order valence-electron chi connectivity index (χ2n) is 15.5. The van der Waals surface area contributed by atoms with E-state index in [1.54, 1.807) is 11.0 Å². The molecule has 2 aliphatic carbocycles. The number of nitrogens with zero attached hydrogens (tertiary/aromatic N) is 3. The molecule has 6 atom stereocenters. The molecule has 11 heteroatoms. The largest absolute Gasteiger partial charge is 0.487 e. The number of aliphatic hydroxyl groups is 2. The predicted molar refractivity (Wildman–Crippen MR) is 224 cm³/mol. The van der Waals surface area contributed by atoms with Gasteiger partial charge in [0.1, 0.15) is 30.8 Å². The third-order valence-electron chi connectivity index (χ3n) is 11.6. The highest BCUT2D eigenvalue weighted by atomic mass is 16.7. The van der Waals surface area contributed by atoms with Gasteiger partial charge in [-0.15, -0.1) is 6.58 Å². The number of carbonyl (C=O) groups is 1. The molecule has 58 heavy (non-hydrogen) atoms. The van der Waals surface area contributed by atoms with Gasteiger partial charge in [-0.1, -0.05) is 73.5 Å². The van der Waals surface area contributed by atoms with Gasteiger partial charge in [-0.2, -0.15) is 0 Å². The third-order valence-corrected chi connectivity index (χ3v) is 11.6. The number of carbonyl (C=O) groups excluding carboxylic acids is 1. The standard InChI is InChI=1S/C47H61N3O8/c1-5-24-50(46(53)54-7-3)43-30-41(49-57-31-34-17-9-8-10-18-34)39-28-35(19-11-13-25-51)38(21-12-14-26-52)44-40-29-37(55-32-36-20-15-16-33(4)48-36)22-23-42(40)58-47(43,45(39)44)56-27-6-2/h6,8-10,15-18,20,22-23,28-29,35,38,43-45,51-52H,2,5,7,11-14,19,21,24-27,30-32H2,1,3-4H3/t35-,38+,43-,44+,45+,47+/m0/s1. The van der Waals surface area contributed by atoms with Crippen LogP contribution < -0.4 is 9.47 Å². The molecule has 1 aliphatic heterocycles. The van der Waals surface area contributed by atoms with E-state index >= 15 is 0 Å². The average Bonchev–Trinajstić information content (AvgIpc) is 3.23. The van der Waals surface area contributed by atoms with Crippen molar-refractivity contribution in [2.45, 2.75) is 103 Å². The van der Waals surface area contributed by atoms with E-state index < -0.39 is 23.8 Å².